The Balaban J connectivity index is 1.75. The van der Waals surface area contributed by atoms with Gasteiger partial charge in [0, 0.05) is 49.2 Å². The highest BCUT2D eigenvalue weighted by Gasteiger charge is 2.25. The molecule has 2 amide bonds. The van der Waals surface area contributed by atoms with Gasteiger partial charge in [0.15, 0.2) is 0 Å². The predicted molar refractivity (Wildman–Crippen MR) is 99.6 cm³/mol. The lowest BCUT2D eigenvalue weighted by molar-refractivity contribution is -0.131. The van der Waals surface area contributed by atoms with Crippen LogP contribution in [-0.4, -0.2) is 52.8 Å². The van der Waals surface area contributed by atoms with Gasteiger partial charge in [-0.1, -0.05) is 32.0 Å². The number of aromatic amines is 1. The van der Waals surface area contributed by atoms with Gasteiger partial charge >= 0.3 is 0 Å². The number of amides is 2. The van der Waals surface area contributed by atoms with Crippen molar-refractivity contribution < 1.29 is 9.59 Å². The molecule has 5 heteroatoms. The van der Waals surface area contributed by atoms with Crippen LogP contribution < -0.4 is 0 Å². The van der Waals surface area contributed by atoms with Gasteiger partial charge < -0.3 is 14.8 Å². The molecular weight excluding hydrogens is 314 g/mol. The summed E-state index contributed by atoms with van der Waals surface area (Å²) in [5.74, 6) is 0.628. The van der Waals surface area contributed by atoms with E-state index in [0.29, 0.717) is 32.0 Å². The molecule has 2 heterocycles. The number of para-hydroxylation sites is 1. The smallest absolute Gasteiger partial charge is 0.256 e. The Bertz CT molecular complexity index is 778. The molecule has 2 aromatic rings. The van der Waals surface area contributed by atoms with Gasteiger partial charge in [-0.15, -0.1) is 0 Å². The summed E-state index contributed by atoms with van der Waals surface area (Å²) in [6, 6.07) is 7.91. The molecule has 1 fully saturated rings. The monoisotopic (exact) mass is 341 g/mol. The van der Waals surface area contributed by atoms with Crippen LogP contribution >= 0.6 is 0 Å². The van der Waals surface area contributed by atoms with Crippen molar-refractivity contribution >= 4 is 22.7 Å². The molecule has 1 aliphatic rings. The molecule has 0 atom stereocenters. The van der Waals surface area contributed by atoms with Gasteiger partial charge in [-0.05, 0) is 25.3 Å². The van der Waals surface area contributed by atoms with E-state index in [-0.39, 0.29) is 11.8 Å². The van der Waals surface area contributed by atoms with Crippen molar-refractivity contribution in [1.82, 2.24) is 14.8 Å². The van der Waals surface area contributed by atoms with Crippen molar-refractivity contribution in [2.75, 3.05) is 26.2 Å². The summed E-state index contributed by atoms with van der Waals surface area (Å²) < 4.78 is 0. The lowest BCUT2D eigenvalue weighted by Crippen LogP contribution is -2.37. The van der Waals surface area contributed by atoms with Gasteiger partial charge in [0.05, 0.1) is 5.56 Å². The van der Waals surface area contributed by atoms with Crippen LogP contribution in [0.25, 0.3) is 10.9 Å². The van der Waals surface area contributed by atoms with E-state index < -0.39 is 0 Å². The largest absolute Gasteiger partial charge is 0.358 e. The first kappa shape index (κ1) is 17.5. The van der Waals surface area contributed by atoms with Crippen LogP contribution in [0.1, 0.15) is 42.7 Å². The number of benzene rings is 1. The normalized spacial score (nSPS) is 15.7. The number of aryl methyl sites for hydroxylation is 1. The lowest BCUT2D eigenvalue weighted by Gasteiger charge is -2.23. The third-order valence-corrected chi connectivity index (χ3v) is 4.83. The van der Waals surface area contributed by atoms with E-state index >= 15 is 0 Å². The minimum absolute atomic E-state index is 0.0631. The van der Waals surface area contributed by atoms with E-state index in [1.165, 1.54) is 0 Å². The minimum Gasteiger partial charge on any atom is -0.358 e. The molecule has 1 saturated heterocycles. The third kappa shape index (κ3) is 3.70. The standard InChI is InChI=1S/C20H27N3O2/c1-14(2)13-18(24)22-9-6-10-23(12-11-22)20(25)19-15(3)21-17-8-5-4-7-16(17)19/h4-5,7-8,14,21H,6,9-13H2,1-3H3. The zero-order chi connectivity index (χ0) is 18.0. The highest BCUT2D eigenvalue weighted by molar-refractivity contribution is 6.08. The number of carbonyl (C=O) groups excluding carboxylic acids is 2. The molecule has 1 aromatic heterocycles. The Morgan fingerprint density at radius 3 is 2.52 bits per heavy atom. The Kier molecular flexibility index (Phi) is 5.11. The molecule has 5 nitrogen and oxygen atoms in total. The zero-order valence-corrected chi connectivity index (χ0v) is 15.3. The Hall–Kier alpha value is -2.30. The fourth-order valence-electron chi connectivity index (χ4n) is 3.56. The highest BCUT2D eigenvalue weighted by Crippen LogP contribution is 2.24. The maximum absolute atomic E-state index is 13.1. The summed E-state index contributed by atoms with van der Waals surface area (Å²) in [6.45, 7) is 8.73. The molecule has 134 valence electrons. The number of fused-ring (bicyclic) bond motifs is 1. The van der Waals surface area contributed by atoms with Crippen molar-refractivity contribution in [3.63, 3.8) is 0 Å². The number of H-pyrrole nitrogens is 1. The van der Waals surface area contributed by atoms with Crippen molar-refractivity contribution in [3.8, 4) is 0 Å². The molecule has 0 spiro atoms. The Morgan fingerprint density at radius 2 is 1.76 bits per heavy atom. The number of hydrogen-bond donors (Lipinski definition) is 1. The minimum atomic E-state index is 0.0631. The lowest BCUT2D eigenvalue weighted by atomic mass is 10.1. The summed E-state index contributed by atoms with van der Waals surface area (Å²) in [5.41, 5.74) is 2.66. The summed E-state index contributed by atoms with van der Waals surface area (Å²) in [4.78, 5) is 32.5. The zero-order valence-electron chi connectivity index (χ0n) is 15.3. The number of hydrogen-bond acceptors (Lipinski definition) is 2. The van der Waals surface area contributed by atoms with Crippen LogP contribution in [0.3, 0.4) is 0 Å². The summed E-state index contributed by atoms with van der Waals surface area (Å²) in [5, 5.41) is 0.974. The first-order chi connectivity index (χ1) is 12.0. The number of carbonyl (C=O) groups is 2. The van der Waals surface area contributed by atoms with Gasteiger partial charge in [0.2, 0.25) is 5.91 Å². The van der Waals surface area contributed by atoms with E-state index in [9.17, 15) is 9.59 Å². The SMILES string of the molecule is Cc1[nH]c2ccccc2c1C(=O)N1CCCN(C(=O)CC(C)C)CC1. The van der Waals surface area contributed by atoms with Gasteiger partial charge in [-0.2, -0.15) is 0 Å². The van der Waals surface area contributed by atoms with E-state index in [0.717, 1.165) is 35.1 Å². The Morgan fingerprint density at radius 1 is 1.08 bits per heavy atom. The fraction of sp³-hybridized carbons (Fsp3) is 0.500. The first-order valence-corrected chi connectivity index (χ1v) is 9.11. The maximum Gasteiger partial charge on any atom is 0.256 e. The van der Waals surface area contributed by atoms with Crippen molar-refractivity contribution in [1.29, 1.82) is 0 Å². The number of rotatable bonds is 3. The molecular formula is C20H27N3O2. The molecule has 0 bridgehead atoms. The summed E-state index contributed by atoms with van der Waals surface area (Å²) in [6.07, 6.45) is 1.41. The topological polar surface area (TPSA) is 56.4 Å². The molecule has 0 radical (unpaired) electrons. The van der Waals surface area contributed by atoms with Gasteiger partial charge in [-0.25, -0.2) is 0 Å². The molecule has 1 aliphatic heterocycles. The maximum atomic E-state index is 13.1. The molecule has 0 unspecified atom stereocenters. The molecule has 0 aliphatic carbocycles. The van der Waals surface area contributed by atoms with E-state index in [1.54, 1.807) is 0 Å². The Labute approximate surface area is 149 Å². The first-order valence-electron chi connectivity index (χ1n) is 9.11. The number of nitrogens with one attached hydrogen (secondary N) is 1. The molecule has 1 N–H and O–H groups in total. The second-order valence-electron chi connectivity index (χ2n) is 7.30. The second kappa shape index (κ2) is 7.30. The van der Waals surface area contributed by atoms with Crippen LogP contribution in [0.2, 0.25) is 0 Å². The van der Waals surface area contributed by atoms with Crippen LogP contribution in [0.4, 0.5) is 0 Å². The summed E-state index contributed by atoms with van der Waals surface area (Å²) >= 11 is 0. The van der Waals surface area contributed by atoms with E-state index in [1.807, 2.05) is 41.0 Å². The highest BCUT2D eigenvalue weighted by atomic mass is 16.2. The quantitative estimate of drug-likeness (QED) is 0.932. The summed E-state index contributed by atoms with van der Waals surface area (Å²) in [7, 11) is 0. The number of nitrogens with zero attached hydrogens (tertiary/aromatic N) is 2. The fourth-order valence-corrected chi connectivity index (χ4v) is 3.56. The van der Waals surface area contributed by atoms with E-state index in [2.05, 4.69) is 18.8 Å². The third-order valence-electron chi connectivity index (χ3n) is 4.83. The van der Waals surface area contributed by atoms with Crippen LogP contribution in [0, 0.1) is 12.8 Å². The van der Waals surface area contributed by atoms with Crippen LogP contribution in [0.5, 0.6) is 0 Å². The molecule has 3 rings (SSSR count). The molecule has 1 aromatic carbocycles. The van der Waals surface area contributed by atoms with Crippen LogP contribution in [-0.2, 0) is 4.79 Å². The van der Waals surface area contributed by atoms with Gasteiger partial charge in [0.1, 0.15) is 0 Å². The average molecular weight is 341 g/mol. The average Bonchev–Trinajstić information content (AvgIpc) is 2.74. The second-order valence-corrected chi connectivity index (χ2v) is 7.30. The number of aromatic nitrogens is 1. The van der Waals surface area contributed by atoms with Crippen molar-refractivity contribution in [3.05, 3.63) is 35.5 Å². The van der Waals surface area contributed by atoms with Gasteiger partial charge in [-0.3, -0.25) is 9.59 Å². The van der Waals surface area contributed by atoms with Crippen LogP contribution in [0.15, 0.2) is 24.3 Å². The van der Waals surface area contributed by atoms with Crippen molar-refractivity contribution in [2.45, 2.75) is 33.6 Å². The van der Waals surface area contributed by atoms with Crippen molar-refractivity contribution in [2.24, 2.45) is 5.92 Å². The molecule has 25 heavy (non-hydrogen) atoms. The molecule has 0 saturated carbocycles. The van der Waals surface area contributed by atoms with E-state index in [4.69, 9.17) is 0 Å². The predicted octanol–water partition coefficient (Wildman–Crippen LogP) is 3.20. The van der Waals surface area contributed by atoms with Gasteiger partial charge in [0.25, 0.3) is 5.91 Å².